The number of halogens is 1. The van der Waals surface area contributed by atoms with Gasteiger partial charge in [0.05, 0.1) is 10.7 Å². The van der Waals surface area contributed by atoms with E-state index in [1.165, 1.54) is 23.5 Å². The Hall–Kier alpha value is -3.91. The number of nitrogens with one attached hydrogen (secondary N) is 3. The van der Waals surface area contributed by atoms with E-state index in [1.807, 2.05) is 13.8 Å². The summed E-state index contributed by atoms with van der Waals surface area (Å²) >= 11 is 6.26. The molecule has 2 amide bonds. The first-order valence-electron chi connectivity index (χ1n) is 8.48. The van der Waals surface area contributed by atoms with Crippen LogP contribution in [0.15, 0.2) is 28.1 Å². The highest BCUT2D eigenvalue weighted by molar-refractivity contribution is 6.46. The number of nitriles is 1. The van der Waals surface area contributed by atoms with E-state index in [0.29, 0.717) is 16.8 Å². The minimum atomic E-state index is -1.61. The molecular weight excluding hydrogens is 416 g/mol. The number of carbonyl (C=O) groups is 2. The number of aryl methyl sites for hydroxylation is 1. The maximum absolute atomic E-state index is 11.8. The number of rotatable bonds is 6. The monoisotopic (exact) mass is 432 g/mol. The van der Waals surface area contributed by atoms with Gasteiger partial charge in [-0.3, -0.25) is 20.3 Å². The molecule has 2 aromatic rings. The Labute approximate surface area is 175 Å². The highest BCUT2D eigenvalue weighted by atomic mass is 35.5. The van der Waals surface area contributed by atoms with Crippen LogP contribution in [0.25, 0.3) is 0 Å². The van der Waals surface area contributed by atoms with Crippen molar-refractivity contribution < 1.29 is 19.4 Å². The van der Waals surface area contributed by atoms with Crippen LogP contribution in [0, 0.1) is 18.3 Å². The number of hydrogen-bond donors (Lipinski definition) is 4. The number of ether oxygens (including phenoxy) is 1. The number of benzene rings is 1. The number of aromatic amines is 1. The van der Waals surface area contributed by atoms with Crippen molar-refractivity contribution in [2.24, 2.45) is 5.10 Å². The third-order valence-electron chi connectivity index (χ3n) is 3.70. The SMILES string of the molecule is Cc1cc(NN=C(C#N)C(=O)NC(=O)O)cc(Cl)c1Oc1cc(C(C)C)c(=O)[nH]n1. The largest absolute Gasteiger partial charge is 0.465 e. The number of aromatic nitrogens is 2. The second-order valence-electron chi connectivity index (χ2n) is 6.29. The zero-order chi connectivity index (χ0) is 22.4. The fourth-order valence-corrected chi connectivity index (χ4v) is 2.62. The molecule has 0 bridgehead atoms. The normalized spacial score (nSPS) is 11.0. The molecule has 1 heterocycles. The Morgan fingerprint density at radius 3 is 2.63 bits per heavy atom. The maximum Gasteiger partial charge on any atom is 0.411 e. The molecule has 1 aromatic heterocycles. The molecule has 0 atom stereocenters. The van der Waals surface area contributed by atoms with Crippen LogP contribution in [0.5, 0.6) is 11.6 Å². The van der Waals surface area contributed by atoms with Gasteiger partial charge in [0.25, 0.3) is 11.5 Å². The summed E-state index contributed by atoms with van der Waals surface area (Å²) in [7, 11) is 0. The van der Waals surface area contributed by atoms with Crippen LogP contribution in [-0.4, -0.2) is 33.0 Å². The van der Waals surface area contributed by atoms with Gasteiger partial charge in [-0.1, -0.05) is 25.4 Å². The molecule has 156 valence electrons. The topological polar surface area (TPSA) is 170 Å². The van der Waals surface area contributed by atoms with E-state index in [4.69, 9.17) is 26.7 Å². The predicted octanol–water partition coefficient (Wildman–Crippen LogP) is 2.73. The first-order valence-corrected chi connectivity index (χ1v) is 8.85. The third-order valence-corrected chi connectivity index (χ3v) is 3.99. The Morgan fingerprint density at radius 1 is 1.37 bits per heavy atom. The minimum Gasteiger partial charge on any atom is -0.465 e. The number of nitrogens with zero attached hydrogens (tertiary/aromatic N) is 3. The van der Waals surface area contributed by atoms with Crippen LogP contribution < -0.4 is 21.0 Å². The van der Waals surface area contributed by atoms with Gasteiger partial charge in [-0.25, -0.2) is 9.89 Å². The van der Waals surface area contributed by atoms with E-state index in [9.17, 15) is 14.4 Å². The second-order valence-corrected chi connectivity index (χ2v) is 6.70. The smallest absolute Gasteiger partial charge is 0.411 e. The zero-order valence-electron chi connectivity index (χ0n) is 16.1. The molecule has 0 spiro atoms. The molecule has 12 heteroatoms. The van der Waals surface area contributed by atoms with Crippen molar-refractivity contribution in [3.8, 4) is 17.7 Å². The molecule has 0 aliphatic carbocycles. The highest BCUT2D eigenvalue weighted by Crippen LogP contribution is 2.35. The van der Waals surface area contributed by atoms with Crippen molar-refractivity contribution in [2.75, 3.05) is 5.43 Å². The van der Waals surface area contributed by atoms with Gasteiger partial charge in [0.15, 0.2) is 5.75 Å². The molecule has 4 N–H and O–H groups in total. The summed E-state index contributed by atoms with van der Waals surface area (Å²) in [6.45, 7) is 5.41. The molecule has 0 aliphatic heterocycles. The average molecular weight is 433 g/mol. The molecule has 0 aliphatic rings. The fraction of sp³-hybridized carbons (Fsp3) is 0.222. The minimum absolute atomic E-state index is 0.0345. The Kier molecular flexibility index (Phi) is 7.11. The first kappa shape index (κ1) is 22.4. The number of carbonyl (C=O) groups excluding carboxylic acids is 1. The van der Waals surface area contributed by atoms with Gasteiger partial charge in [0.1, 0.15) is 6.07 Å². The summed E-state index contributed by atoms with van der Waals surface area (Å²) in [6.07, 6.45) is -1.61. The van der Waals surface area contributed by atoms with Crippen LogP contribution in [-0.2, 0) is 4.79 Å². The number of amides is 2. The van der Waals surface area contributed by atoms with Crippen LogP contribution in [0.2, 0.25) is 5.02 Å². The summed E-state index contributed by atoms with van der Waals surface area (Å²) in [5, 5.41) is 28.9. The summed E-state index contributed by atoms with van der Waals surface area (Å²) in [5.74, 6) is -0.776. The van der Waals surface area contributed by atoms with E-state index in [-0.39, 0.29) is 28.1 Å². The summed E-state index contributed by atoms with van der Waals surface area (Å²) in [5.41, 5.74) is 2.85. The van der Waals surface area contributed by atoms with Gasteiger partial charge in [-0.2, -0.15) is 10.4 Å². The molecule has 0 unspecified atom stereocenters. The van der Waals surface area contributed by atoms with Gasteiger partial charge >= 0.3 is 6.09 Å². The molecule has 30 heavy (non-hydrogen) atoms. The summed E-state index contributed by atoms with van der Waals surface area (Å²) < 4.78 is 5.71. The number of imide groups is 1. The van der Waals surface area contributed by atoms with E-state index < -0.39 is 17.7 Å². The molecule has 2 rings (SSSR count). The number of H-pyrrole nitrogens is 1. The van der Waals surface area contributed by atoms with E-state index >= 15 is 0 Å². The molecule has 0 saturated heterocycles. The van der Waals surface area contributed by atoms with Crippen molar-refractivity contribution in [1.29, 1.82) is 5.26 Å². The van der Waals surface area contributed by atoms with Crippen molar-refractivity contribution in [2.45, 2.75) is 26.7 Å². The fourth-order valence-electron chi connectivity index (χ4n) is 2.31. The van der Waals surface area contributed by atoms with Gasteiger partial charge in [-0.15, -0.1) is 5.10 Å². The van der Waals surface area contributed by atoms with Crippen molar-refractivity contribution in [3.63, 3.8) is 0 Å². The lowest BCUT2D eigenvalue weighted by Gasteiger charge is -2.13. The highest BCUT2D eigenvalue weighted by Gasteiger charge is 2.15. The summed E-state index contributed by atoms with van der Waals surface area (Å²) in [6, 6.07) is 6.01. The Bertz CT molecular complexity index is 1100. The van der Waals surface area contributed by atoms with Crippen LogP contribution in [0.4, 0.5) is 10.5 Å². The number of hydrogen-bond acceptors (Lipinski definition) is 8. The number of anilines is 1. The van der Waals surface area contributed by atoms with E-state index in [0.717, 1.165) is 0 Å². The third kappa shape index (κ3) is 5.55. The standard InChI is InChI=1S/C18H17ClN6O5/c1-8(2)11-6-14(24-25-16(11)26)30-15-9(3)4-10(5-12(15)19)22-23-13(7-20)17(27)21-18(28)29/h4-6,8,22H,1-3H3,(H,21,27)(H,25,26)(H,28,29). The van der Waals surface area contributed by atoms with Gasteiger partial charge < -0.3 is 9.84 Å². The molecule has 1 aromatic carbocycles. The van der Waals surface area contributed by atoms with E-state index in [1.54, 1.807) is 13.0 Å². The lowest BCUT2D eigenvalue weighted by atomic mass is 10.1. The molecular formula is C18H17ClN6O5. The lowest BCUT2D eigenvalue weighted by Crippen LogP contribution is -2.34. The second kappa shape index (κ2) is 9.53. The lowest BCUT2D eigenvalue weighted by molar-refractivity contribution is -0.114. The van der Waals surface area contributed by atoms with Gasteiger partial charge in [0.2, 0.25) is 11.6 Å². The molecule has 0 saturated carbocycles. The number of hydrazone groups is 1. The number of carboxylic acid groups (broad SMARTS) is 1. The molecule has 11 nitrogen and oxygen atoms in total. The predicted molar refractivity (Wildman–Crippen MR) is 108 cm³/mol. The van der Waals surface area contributed by atoms with Crippen LogP contribution in [0.3, 0.4) is 0 Å². The average Bonchev–Trinajstić information content (AvgIpc) is 2.65. The van der Waals surface area contributed by atoms with Crippen molar-refractivity contribution in [1.82, 2.24) is 15.5 Å². The quantitative estimate of drug-likeness (QED) is 0.398. The zero-order valence-corrected chi connectivity index (χ0v) is 16.9. The van der Waals surface area contributed by atoms with Crippen molar-refractivity contribution >= 4 is 35.0 Å². The first-order chi connectivity index (χ1) is 14.1. The Morgan fingerprint density at radius 2 is 2.07 bits per heavy atom. The van der Waals surface area contributed by atoms with Gasteiger partial charge in [0, 0.05) is 11.6 Å². The van der Waals surface area contributed by atoms with E-state index in [2.05, 4.69) is 20.7 Å². The summed E-state index contributed by atoms with van der Waals surface area (Å²) in [4.78, 5) is 33.8. The van der Waals surface area contributed by atoms with Crippen LogP contribution in [0.1, 0.15) is 30.9 Å². The molecule has 0 fully saturated rings. The maximum atomic E-state index is 11.8. The van der Waals surface area contributed by atoms with Crippen LogP contribution >= 0.6 is 11.6 Å². The van der Waals surface area contributed by atoms with Gasteiger partial charge in [-0.05, 0) is 30.5 Å². The van der Waals surface area contributed by atoms with Crippen molar-refractivity contribution in [3.05, 3.63) is 44.7 Å². The Balaban J connectivity index is 2.26. The molecule has 0 radical (unpaired) electrons.